The fourth-order valence-electron chi connectivity index (χ4n) is 1.53. The van der Waals surface area contributed by atoms with E-state index in [2.05, 4.69) is 5.32 Å². The molecule has 0 saturated carbocycles. The van der Waals surface area contributed by atoms with Crippen LogP contribution >= 0.6 is 0 Å². The maximum atomic E-state index is 11.4. The Morgan fingerprint density at radius 3 is 2.70 bits per heavy atom. The van der Waals surface area contributed by atoms with Crippen LogP contribution in [0.1, 0.15) is 32.8 Å². The predicted octanol–water partition coefficient (Wildman–Crippen LogP) is 2.87. The Bertz CT molecular complexity index is 453. The Morgan fingerprint density at radius 2 is 2.05 bits per heavy atom. The number of hydrogen-bond donors (Lipinski definition) is 2. The highest BCUT2D eigenvalue weighted by molar-refractivity contribution is 5.67. The number of benzene rings is 1. The molecule has 0 atom stereocenters. The van der Waals surface area contributed by atoms with Crippen LogP contribution in [0.5, 0.6) is 5.75 Å². The second-order valence-corrected chi connectivity index (χ2v) is 5.67. The summed E-state index contributed by atoms with van der Waals surface area (Å²) < 4.78 is 10.7. The summed E-state index contributed by atoms with van der Waals surface area (Å²) in [5, 5.41) is 2.68. The van der Waals surface area contributed by atoms with E-state index >= 15 is 0 Å². The number of amides is 1. The van der Waals surface area contributed by atoms with Gasteiger partial charge in [-0.3, -0.25) is 0 Å². The minimum Gasteiger partial charge on any atom is -0.491 e. The van der Waals surface area contributed by atoms with Crippen molar-refractivity contribution in [1.29, 1.82) is 0 Å². The number of hydrogen-bond acceptors (Lipinski definition) is 4. The second-order valence-electron chi connectivity index (χ2n) is 5.67. The minimum absolute atomic E-state index is 0.410. The zero-order chi connectivity index (χ0) is 15.2. The quantitative estimate of drug-likeness (QED) is 0.642. The number of nitrogens with one attached hydrogen (secondary N) is 1. The van der Waals surface area contributed by atoms with Crippen molar-refractivity contribution in [2.45, 2.75) is 39.7 Å². The van der Waals surface area contributed by atoms with Crippen LogP contribution in [0.15, 0.2) is 18.2 Å². The minimum atomic E-state index is -0.476. The molecule has 1 rings (SSSR count). The molecule has 0 saturated heterocycles. The van der Waals surface area contributed by atoms with Gasteiger partial charge < -0.3 is 20.5 Å². The Hall–Kier alpha value is -1.91. The van der Waals surface area contributed by atoms with Crippen molar-refractivity contribution in [2.24, 2.45) is 0 Å². The first-order valence-corrected chi connectivity index (χ1v) is 6.74. The Labute approximate surface area is 120 Å². The molecule has 0 unspecified atom stereocenters. The van der Waals surface area contributed by atoms with E-state index < -0.39 is 11.7 Å². The molecule has 1 aromatic rings. The van der Waals surface area contributed by atoms with Gasteiger partial charge in [0.05, 0.1) is 12.3 Å². The highest BCUT2D eigenvalue weighted by Gasteiger charge is 2.15. The first kappa shape index (κ1) is 16.1. The third-order valence-electron chi connectivity index (χ3n) is 2.42. The largest absolute Gasteiger partial charge is 0.491 e. The number of rotatable bonds is 5. The van der Waals surface area contributed by atoms with Gasteiger partial charge in [-0.2, -0.15) is 0 Å². The summed E-state index contributed by atoms with van der Waals surface area (Å²) in [5.74, 6) is 0.683. The van der Waals surface area contributed by atoms with Gasteiger partial charge in [0.1, 0.15) is 11.4 Å². The molecule has 0 aliphatic rings. The number of nitrogen functional groups attached to an aromatic ring is 1. The fraction of sp³-hybridized carbons (Fsp3) is 0.533. The topological polar surface area (TPSA) is 73.6 Å². The van der Waals surface area contributed by atoms with E-state index in [1.54, 1.807) is 0 Å². The average molecular weight is 280 g/mol. The van der Waals surface area contributed by atoms with Crippen molar-refractivity contribution in [3.05, 3.63) is 23.8 Å². The zero-order valence-corrected chi connectivity index (χ0v) is 12.7. The SMILES string of the molecule is Cc1ccc(N)c(OCCCNC(=O)OC(C)(C)C)c1. The molecular formula is C15H24N2O3. The van der Waals surface area contributed by atoms with Crippen LogP contribution in [0.2, 0.25) is 0 Å². The lowest BCUT2D eigenvalue weighted by Gasteiger charge is -2.19. The molecule has 0 aliphatic carbocycles. The molecule has 0 fully saturated rings. The molecule has 1 amide bonds. The summed E-state index contributed by atoms with van der Waals surface area (Å²) in [6.07, 6.45) is 0.277. The molecule has 112 valence electrons. The van der Waals surface area contributed by atoms with Gasteiger partial charge >= 0.3 is 6.09 Å². The van der Waals surface area contributed by atoms with E-state index in [-0.39, 0.29) is 0 Å². The van der Waals surface area contributed by atoms with Crippen molar-refractivity contribution >= 4 is 11.8 Å². The van der Waals surface area contributed by atoms with Gasteiger partial charge in [-0.15, -0.1) is 0 Å². The standard InChI is InChI=1S/C15H24N2O3/c1-11-6-7-12(16)13(10-11)19-9-5-8-17-14(18)20-15(2,3)4/h6-7,10H,5,8-9,16H2,1-4H3,(H,17,18). The van der Waals surface area contributed by atoms with Crippen molar-refractivity contribution in [3.8, 4) is 5.75 Å². The molecule has 0 spiro atoms. The first-order valence-electron chi connectivity index (χ1n) is 6.74. The molecule has 1 aromatic carbocycles. The first-order chi connectivity index (χ1) is 9.28. The lowest BCUT2D eigenvalue weighted by molar-refractivity contribution is 0.0525. The maximum absolute atomic E-state index is 11.4. The Balaban J connectivity index is 2.22. The highest BCUT2D eigenvalue weighted by atomic mass is 16.6. The number of carbonyl (C=O) groups is 1. The monoisotopic (exact) mass is 280 g/mol. The number of alkyl carbamates (subject to hydrolysis) is 1. The number of anilines is 1. The molecule has 3 N–H and O–H groups in total. The predicted molar refractivity (Wildman–Crippen MR) is 79.9 cm³/mol. The van der Waals surface area contributed by atoms with Crippen molar-refractivity contribution in [3.63, 3.8) is 0 Å². The van der Waals surface area contributed by atoms with Crippen LogP contribution in [0.25, 0.3) is 0 Å². The van der Waals surface area contributed by atoms with Gasteiger partial charge in [-0.25, -0.2) is 4.79 Å². The Morgan fingerprint density at radius 1 is 1.35 bits per heavy atom. The molecule has 0 aliphatic heterocycles. The molecule has 20 heavy (non-hydrogen) atoms. The van der Waals surface area contributed by atoms with E-state index in [0.717, 1.165) is 5.56 Å². The summed E-state index contributed by atoms with van der Waals surface area (Å²) in [4.78, 5) is 11.4. The highest BCUT2D eigenvalue weighted by Crippen LogP contribution is 2.22. The van der Waals surface area contributed by atoms with Crippen LogP contribution in [0.4, 0.5) is 10.5 Å². The number of carbonyl (C=O) groups excluding carboxylic acids is 1. The van der Waals surface area contributed by atoms with Crippen LogP contribution in [0.3, 0.4) is 0 Å². The molecular weight excluding hydrogens is 256 g/mol. The third-order valence-corrected chi connectivity index (χ3v) is 2.42. The summed E-state index contributed by atoms with van der Waals surface area (Å²) in [6.45, 7) is 8.46. The van der Waals surface area contributed by atoms with E-state index in [4.69, 9.17) is 15.2 Å². The van der Waals surface area contributed by atoms with Crippen molar-refractivity contribution in [2.75, 3.05) is 18.9 Å². The number of ether oxygens (including phenoxy) is 2. The van der Waals surface area contributed by atoms with Crippen molar-refractivity contribution < 1.29 is 14.3 Å². The van der Waals surface area contributed by atoms with Gasteiger partial charge in [0.2, 0.25) is 0 Å². The van der Waals surface area contributed by atoms with Gasteiger partial charge in [0.15, 0.2) is 0 Å². The molecule has 0 radical (unpaired) electrons. The maximum Gasteiger partial charge on any atom is 0.407 e. The van der Waals surface area contributed by atoms with Crippen LogP contribution in [0, 0.1) is 6.92 Å². The van der Waals surface area contributed by atoms with Crippen molar-refractivity contribution in [1.82, 2.24) is 5.32 Å². The molecule has 5 heteroatoms. The normalized spacial score (nSPS) is 11.0. The summed E-state index contributed by atoms with van der Waals surface area (Å²) >= 11 is 0. The molecule has 0 bridgehead atoms. The van der Waals surface area contributed by atoms with Gasteiger partial charge in [0.25, 0.3) is 0 Å². The molecule has 0 aromatic heterocycles. The lowest BCUT2D eigenvalue weighted by Crippen LogP contribution is -2.33. The van der Waals surface area contributed by atoms with Crippen LogP contribution in [-0.2, 0) is 4.74 Å². The van der Waals surface area contributed by atoms with E-state index in [1.165, 1.54) is 0 Å². The fourth-order valence-corrected chi connectivity index (χ4v) is 1.53. The molecule has 0 heterocycles. The molecule has 5 nitrogen and oxygen atoms in total. The summed E-state index contributed by atoms with van der Waals surface area (Å²) in [7, 11) is 0. The lowest BCUT2D eigenvalue weighted by atomic mass is 10.2. The van der Waals surface area contributed by atoms with Gasteiger partial charge in [0, 0.05) is 6.54 Å². The summed E-state index contributed by atoms with van der Waals surface area (Å²) in [6, 6.07) is 5.66. The van der Waals surface area contributed by atoms with Crippen LogP contribution in [-0.4, -0.2) is 24.8 Å². The average Bonchev–Trinajstić information content (AvgIpc) is 2.30. The second kappa shape index (κ2) is 7.03. The van der Waals surface area contributed by atoms with E-state index in [0.29, 0.717) is 31.0 Å². The van der Waals surface area contributed by atoms with E-state index in [9.17, 15) is 4.79 Å². The number of nitrogens with two attached hydrogens (primary N) is 1. The Kier molecular flexibility index (Phi) is 5.67. The van der Waals surface area contributed by atoms with E-state index in [1.807, 2.05) is 45.9 Å². The van der Waals surface area contributed by atoms with Gasteiger partial charge in [-0.1, -0.05) is 6.07 Å². The zero-order valence-electron chi connectivity index (χ0n) is 12.7. The summed E-state index contributed by atoms with van der Waals surface area (Å²) in [5.41, 5.74) is 7.05. The smallest absolute Gasteiger partial charge is 0.407 e. The van der Waals surface area contributed by atoms with Gasteiger partial charge in [-0.05, 0) is 51.8 Å². The third kappa shape index (κ3) is 6.31. The van der Waals surface area contributed by atoms with Crippen LogP contribution < -0.4 is 15.8 Å². The number of aryl methyl sites for hydroxylation is 1.